The second-order valence-corrected chi connectivity index (χ2v) is 4.66. The monoisotopic (exact) mass is 292 g/mol. The van der Waals surface area contributed by atoms with Crippen molar-refractivity contribution in [2.45, 2.75) is 13.1 Å². The van der Waals surface area contributed by atoms with Gasteiger partial charge in [0.15, 0.2) is 0 Å². The van der Waals surface area contributed by atoms with Crippen LogP contribution in [0.5, 0.6) is 5.75 Å². The van der Waals surface area contributed by atoms with Gasteiger partial charge in [-0.15, -0.1) is 0 Å². The number of pyridine rings is 1. The van der Waals surface area contributed by atoms with Crippen LogP contribution >= 0.6 is 15.9 Å². The van der Waals surface area contributed by atoms with Crippen molar-refractivity contribution in [2.75, 3.05) is 0 Å². The highest BCUT2D eigenvalue weighted by Crippen LogP contribution is 2.11. The van der Waals surface area contributed by atoms with Crippen molar-refractivity contribution < 1.29 is 5.11 Å². The molecule has 17 heavy (non-hydrogen) atoms. The summed E-state index contributed by atoms with van der Waals surface area (Å²) >= 11 is 3.44. The van der Waals surface area contributed by atoms with Gasteiger partial charge in [-0.2, -0.15) is 0 Å². The lowest BCUT2D eigenvalue weighted by Gasteiger charge is -2.05. The number of rotatable bonds is 4. The Kier molecular flexibility index (Phi) is 4.12. The third-order valence-electron chi connectivity index (χ3n) is 2.33. The van der Waals surface area contributed by atoms with Gasteiger partial charge in [0.1, 0.15) is 5.75 Å². The van der Waals surface area contributed by atoms with E-state index in [2.05, 4.69) is 38.4 Å². The fourth-order valence-electron chi connectivity index (χ4n) is 1.50. The first-order valence-electron chi connectivity index (χ1n) is 5.33. The first kappa shape index (κ1) is 12.1. The summed E-state index contributed by atoms with van der Waals surface area (Å²) in [5, 5.41) is 12.4. The highest BCUT2D eigenvalue weighted by atomic mass is 79.9. The van der Waals surface area contributed by atoms with Gasteiger partial charge in [0.2, 0.25) is 0 Å². The average Bonchev–Trinajstić information content (AvgIpc) is 2.32. The molecule has 1 aromatic heterocycles. The van der Waals surface area contributed by atoms with Gasteiger partial charge in [-0.3, -0.25) is 4.98 Å². The van der Waals surface area contributed by atoms with Crippen LogP contribution in [0.1, 0.15) is 11.3 Å². The van der Waals surface area contributed by atoms with Crippen LogP contribution in [0, 0.1) is 0 Å². The number of nitrogens with zero attached hydrogens (tertiary/aromatic N) is 1. The van der Waals surface area contributed by atoms with Gasteiger partial charge in [-0.25, -0.2) is 0 Å². The molecule has 0 aliphatic rings. The molecule has 0 atom stereocenters. The number of aromatic hydroxyl groups is 1. The fraction of sp³-hybridized carbons (Fsp3) is 0.154. The molecular weight excluding hydrogens is 280 g/mol. The number of hydrogen-bond donors (Lipinski definition) is 2. The summed E-state index contributed by atoms with van der Waals surface area (Å²) in [7, 11) is 0. The molecule has 0 spiro atoms. The van der Waals surface area contributed by atoms with Crippen molar-refractivity contribution in [3.63, 3.8) is 0 Å². The van der Waals surface area contributed by atoms with Crippen molar-refractivity contribution in [3.8, 4) is 5.75 Å². The highest BCUT2D eigenvalue weighted by Gasteiger charge is 1.96. The van der Waals surface area contributed by atoms with E-state index in [1.54, 1.807) is 6.07 Å². The smallest absolute Gasteiger partial charge is 0.133 e. The van der Waals surface area contributed by atoms with Crippen molar-refractivity contribution in [1.29, 1.82) is 0 Å². The van der Waals surface area contributed by atoms with Crippen LogP contribution in [-0.2, 0) is 13.1 Å². The third-order valence-corrected chi connectivity index (χ3v) is 2.83. The Morgan fingerprint density at radius 1 is 1.18 bits per heavy atom. The second-order valence-electron chi connectivity index (χ2n) is 3.74. The Labute approximate surface area is 109 Å². The van der Waals surface area contributed by atoms with Gasteiger partial charge >= 0.3 is 0 Å². The zero-order chi connectivity index (χ0) is 12.1. The van der Waals surface area contributed by atoms with E-state index in [9.17, 15) is 0 Å². The molecule has 3 nitrogen and oxygen atoms in total. The minimum absolute atomic E-state index is 0.195. The van der Waals surface area contributed by atoms with Gasteiger partial charge in [0.05, 0.1) is 11.9 Å². The van der Waals surface area contributed by atoms with Crippen LogP contribution < -0.4 is 5.32 Å². The SMILES string of the molecule is Oc1ccc(CNCc2cccc(Br)c2)nc1. The first-order chi connectivity index (χ1) is 8.24. The zero-order valence-corrected chi connectivity index (χ0v) is 10.8. The Morgan fingerprint density at radius 3 is 2.76 bits per heavy atom. The van der Waals surface area contributed by atoms with Crippen molar-refractivity contribution in [1.82, 2.24) is 10.3 Å². The lowest BCUT2D eigenvalue weighted by atomic mass is 10.2. The highest BCUT2D eigenvalue weighted by molar-refractivity contribution is 9.10. The van der Waals surface area contributed by atoms with E-state index in [0.717, 1.165) is 16.7 Å². The maximum absolute atomic E-state index is 9.10. The summed E-state index contributed by atoms with van der Waals surface area (Å²) in [5.74, 6) is 0.195. The molecule has 1 heterocycles. The summed E-state index contributed by atoms with van der Waals surface area (Å²) in [4.78, 5) is 4.11. The maximum atomic E-state index is 9.10. The van der Waals surface area contributed by atoms with Gasteiger partial charge in [0, 0.05) is 17.6 Å². The minimum atomic E-state index is 0.195. The molecule has 1 aromatic carbocycles. The number of hydrogen-bond acceptors (Lipinski definition) is 3. The summed E-state index contributed by atoms with van der Waals surface area (Å²) in [5.41, 5.74) is 2.14. The normalized spacial score (nSPS) is 10.4. The average molecular weight is 293 g/mol. The van der Waals surface area contributed by atoms with Crippen LogP contribution in [0.25, 0.3) is 0 Å². The van der Waals surface area contributed by atoms with Crippen LogP contribution in [0.3, 0.4) is 0 Å². The zero-order valence-electron chi connectivity index (χ0n) is 9.23. The molecule has 0 radical (unpaired) electrons. The Balaban J connectivity index is 1.85. The number of nitrogens with one attached hydrogen (secondary N) is 1. The Morgan fingerprint density at radius 2 is 2.06 bits per heavy atom. The van der Waals surface area contributed by atoms with Crippen LogP contribution in [0.2, 0.25) is 0 Å². The van der Waals surface area contributed by atoms with Crippen LogP contribution in [-0.4, -0.2) is 10.1 Å². The molecule has 2 N–H and O–H groups in total. The van der Waals surface area contributed by atoms with Gasteiger partial charge in [-0.1, -0.05) is 28.1 Å². The lowest BCUT2D eigenvalue weighted by Crippen LogP contribution is -2.13. The molecule has 0 unspecified atom stereocenters. The summed E-state index contributed by atoms with van der Waals surface area (Å²) in [6, 6.07) is 11.6. The maximum Gasteiger partial charge on any atom is 0.133 e. The number of benzene rings is 1. The lowest BCUT2D eigenvalue weighted by molar-refractivity contribution is 0.471. The van der Waals surface area contributed by atoms with Gasteiger partial charge < -0.3 is 10.4 Å². The minimum Gasteiger partial charge on any atom is -0.506 e. The van der Waals surface area contributed by atoms with E-state index >= 15 is 0 Å². The quantitative estimate of drug-likeness (QED) is 0.911. The molecule has 0 aliphatic heterocycles. The van der Waals surface area contributed by atoms with Crippen LogP contribution in [0.15, 0.2) is 47.1 Å². The van der Waals surface area contributed by atoms with Crippen molar-refractivity contribution in [3.05, 3.63) is 58.3 Å². The molecule has 0 bridgehead atoms. The molecule has 0 fully saturated rings. The summed E-state index contributed by atoms with van der Waals surface area (Å²) in [6.45, 7) is 1.48. The molecule has 0 saturated carbocycles. The van der Waals surface area contributed by atoms with E-state index in [0.29, 0.717) is 6.54 Å². The summed E-state index contributed by atoms with van der Waals surface area (Å²) < 4.78 is 1.08. The van der Waals surface area contributed by atoms with E-state index in [-0.39, 0.29) is 5.75 Å². The van der Waals surface area contributed by atoms with Gasteiger partial charge in [-0.05, 0) is 29.8 Å². The second kappa shape index (κ2) is 5.80. The largest absolute Gasteiger partial charge is 0.506 e. The molecule has 2 rings (SSSR count). The van der Waals surface area contributed by atoms with E-state index in [4.69, 9.17) is 5.11 Å². The fourth-order valence-corrected chi connectivity index (χ4v) is 1.95. The molecule has 4 heteroatoms. The van der Waals surface area contributed by atoms with Crippen LogP contribution in [0.4, 0.5) is 0 Å². The molecule has 88 valence electrons. The molecular formula is C13H13BrN2O. The standard InChI is InChI=1S/C13H13BrN2O/c14-11-3-1-2-10(6-11)7-15-8-12-4-5-13(17)9-16-12/h1-6,9,15,17H,7-8H2. The Hall–Kier alpha value is -1.39. The predicted molar refractivity (Wildman–Crippen MR) is 70.6 cm³/mol. The van der Waals surface area contributed by atoms with Crippen molar-refractivity contribution in [2.24, 2.45) is 0 Å². The Bertz CT molecular complexity index is 485. The molecule has 0 saturated heterocycles. The third kappa shape index (κ3) is 3.84. The summed E-state index contributed by atoms with van der Waals surface area (Å²) in [6.07, 6.45) is 1.45. The van der Waals surface area contributed by atoms with E-state index in [1.807, 2.05) is 18.2 Å². The first-order valence-corrected chi connectivity index (χ1v) is 6.12. The van der Waals surface area contributed by atoms with E-state index < -0.39 is 0 Å². The molecule has 0 aliphatic carbocycles. The molecule has 2 aromatic rings. The van der Waals surface area contributed by atoms with E-state index in [1.165, 1.54) is 11.8 Å². The van der Waals surface area contributed by atoms with Crippen molar-refractivity contribution >= 4 is 15.9 Å². The predicted octanol–water partition coefficient (Wildman–Crippen LogP) is 2.84. The topological polar surface area (TPSA) is 45.1 Å². The number of aromatic nitrogens is 1. The number of halogens is 1. The molecule has 0 amide bonds. The van der Waals surface area contributed by atoms with Gasteiger partial charge in [0.25, 0.3) is 0 Å².